The van der Waals surface area contributed by atoms with Crippen LogP contribution < -0.4 is 5.32 Å². The van der Waals surface area contributed by atoms with Crippen LogP contribution >= 0.6 is 11.6 Å². The number of amides is 2. The second-order valence-electron chi connectivity index (χ2n) is 7.29. The molecular weight excluding hydrogens is 390 g/mol. The van der Waals surface area contributed by atoms with E-state index in [1.807, 2.05) is 36.1 Å². The summed E-state index contributed by atoms with van der Waals surface area (Å²) in [5.41, 5.74) is 3.41. The molecule has 0 saturated carbocycles. The molecule has 3 aromatic rings. The van der Waals surface area contributed by atoms with Crippen LogP contribution in [-0.4, -0.2) is 52.3 Å². The van der Waals surface area contributed by atoms with Crippen LogP contribution in [0.5, 0.6) is 0 Å². The third-order valence-electron chi connectivity index (χ3n) is 5.32. The zero-order valence-corrected chi connectivity index (χ0v) is 17.3. The van der Waals surface area contributed by atoms with Crippen LogP contribution in [0.4, 0.5) is 10.5 Å². The van der Waals surface area contributed by atoms with Gasteiger partial charge in [-0.2, -0.15) is 0 Å². The van der Waals surface area contributed by atoms with Crippen molar-refractivity contribution in [2.45, 2.75) is 25.8 Å². The second kappa shape index (κ2) is 8.39. The normalized spacial score (nSPS) is 16.5. The Kier molecular flexibility index (Phi) is 5.69. The highest BCUT2D eigenvalue weighted by atomic mass is 35.5. The lowest BCUT2D eigenvalue weighted by Crippen LogP contribution is -2.33. The van der Waals surface area contributed by atoms with Crippen molar-refractivity contribution in [3.8, 4) is 0 Å². The van der Waals surface area contributed by atoms with Crippen molar-refractivity contribution in [1.29, 1.82) is 0 Å². The molecule has 1 atom stereocenters. The van der Waals surface area contributed by atoms with Gasteiger partial charge >= 0.3 is 6.03 Å². The van der Waals surface area contributed by atoms with Crippen molar-refractivity contribution in [3.05, 3.63) is 52.9 Å². The Labute approximate surface area is 174 Å². The quantitative estimate of drug-likeness (QED) is 0.684. The molecular formula is C21H24ClN5O2. The molecule has 1 N–H and O–H groups in total. The minimum atomic E-state index is -0.120. The number of carbonyl (C=O) groups excluding carboxylic acids is 1. The van der Waals surface area contributed by atoms with Crippen LogP contribution in [0.15, 0.2) is 36.5 Å². The van der Waals surface area contributed by atoms with Gasteiger partial charge in [0.2, 0.25) is 0 Å². The number of ether oxygens (including phenoxy) is 1. The molecule has 0 aliphatic carbocycles. The lowest BCUT2D eigenvalue weighted by molar-refractivity contribution is 0.186. The van der Waals surface area contributed by atoms with E-state index >= 15 is 0 Å². The molecule has 3 heterocycles. The predicted octanol–water partition coefficient (Wildman–Crippen LogP) is 4.06. The van der Waals surface area contributed by atoms with Crippen LogP contribution in [0.25, 0.3) is 11.2 Å². The predicted molar refractivity (Wildman–Crippen MR) is 114 cm³/mol. The summed E-state index contributed by atoms with van der Waals surface area (Å²) in [5, 5.41) is 3.58. The monoisotopic (exact) mass is 413 g/mol. The van der Waals surface area contributed by atoms with E-state index in [0.29, 0.717) is 37.0 Å². The number of hydrogen-bond donors (Lipinski definition) is 1. The maximum absolute atomic E-state index is 12.7. The number of likely N-dealkylation sites (tertiary alicyclic amines) is 1. The van der Waals surface area contributed by atoms with Crippen molar-refractivity contribution >= 4 is 34.5 Å². The first-order valence-corrected chi connectivity index (χ1v) is 10.1. The summed E-state index contributed by atoms with van der Waals surface area (Å²) >= 11 is 6.17. The minimum Gasteiger partial charge on any atom is -0.383 e. The van der Waals surface area contributed by atoms with Gasteiger partial charge in [0.25, 0.3) is 0 Å². The van der Waals surface area contributed by atoms with Crippen LogP contribution in [0.3, 0.4) is 0 Å². The molecule has 7 nitrogen and oxygen atoms in total. The Balaban J connectivity index is 1.50. The van der Waals surface area contributed by atoms with E-state index in [2.05, 4.69) is 14.9 Å². The molecule has 2 amide bonds. The fourth-order valence-electron chi connectivity index (χ4n) is 3.72. The standard InChI is InChI=1S/C21H24ClN5O2/c1-14-5-6-16(12-17(14)22)24-21(28)26-9-7-15(13-26)19-25-18-4-3-8-23-20(18)27(19)10-11-29-2/h3-6,8,12,15H,7,9-11,13H2,1-2H3,(H,24,28). The number of carbonyl (C=O) groups is 1. The lowest BCUT2D eigenvalue weighted by atomic mass is 10.1. The van der Waals surface area contributed by atoms with Gasteiger partial charge in [-0.1, -0.05) is 17.7 Å². The van der Waals surface area contributed by atoms with Gasteiger partial charge < -0.3 is 19.5 Å². The number of imidazole rings is 1. The molecule has 1 unspecified atom stereocenters. The Hall–Kier alpha value is -2.64. The summed E-state index contributed by atoms with van der Waals surface area (Å²) in [5.74, 6) is 1.12. The SMILES string of the molecule is COCCn1c(C2CCN(C(=O)Nc3ccc(C)c(Cl)c3)C2)nc2cccnc21. The van der Waals surface area contributed by atoms with Crippen molar-refractivity contribution in [3.63, 3.8) is 0 Å². The number of hydrogen-bond acceptors (Lipinski definition) is 4. The Morgan fingerprint density at radius 1 is 1.38 bits per heavy atom. The Morgan fingerprint density at radius 2 is 2.24 bits per heavy atom. The summed E-state index contributed by atoms with van der Waals surface area (Å²) in [4.78, 5) is 23.9. The zero-order valence-electron chi connectivity index (χ0n) is 16.6. The number of halogens is 1. The first-order chi connectivity index (χ1) is 14.1. The van der Waals surface area contributed by atoms with Crippen molar-refractivity contribution in [2.24, 2.45) is 0 Å². The smallest absolute Gasteiger partial charge is 0.321 e. The van der Waals surface area contributed by atoms with Gasteiger partial charge in [0.15, 0.2) is 5.65 Å². The van der Waals surface area contributed by atoms with Gasteiger partial charge in [0, 0.05) is 49.6 Å². The second-order valence-corrected chi connectivity index (χ2v) is 7.69. The zero-order chi connectivity index (χ0) is 20.4. The van der Waals surface area contributed by atoms with Gasteiger partial charge in [0.1, 0.15) is 11.3 Å². The van der Waals surface area contributed by atoms with E-state index < -0.39 is 0 Å². The highest BCUT2D eigenvalue weighted by Gasteiger charge is 2.31. The van der Waals surface area contributed by atoms with E-state index in [-0.39, 0.29) is 11.9 Å². The molecule has 2 aromatic heterocycles. The van der Waals surface area contributed by atoms with Gasteiger partial charge in [0.05, 0.1) is 6.61 Å². The summed E-state index contributed by atoms with van der Waals surface area (Å²) < 4.78 is 7.38. The number of urea groups is 1. The van der Waals surface area contributed by atoms with Crippen LogP contribution in [0.2, 0.25) is 5.02 Å². The van der Waals surface area contributed by atoms with Crippen molar-refractivity contribution in [1.82, 2.24) is 19.4 Å². The number of nitrogens with zero attached hydrogens (tertiary/aromatic N) is 4. The van der Waals surface area contributed by atoms with Crippen LogP contribution in [0, 0.1) is 6.92 Å². The molecule has 1 saturated heterocycles. The molecule has 0 bridgehead atoms. The molecule has 8 heteroatoms. The van der Waals surface area contributed by atoms with Crippen molar-refractivity contribution < 1.29 is 9.53 Å². The fraction of sp³-hybridized carbons (Fsp3) is 0.381. The van der Waals surface area contributed by atoms with E-state index in [4.69, 9.17) is 21.3 Å². The lowest BCUT2D eigenvalue weighted by Gasteiger charge is -2.18. The molecule has 4 rings (SSSR count). The van der Waals surface area contributed by atoms with E-state index in [1.165, 1.54) is 0 Å². The van der Waals surface area contributed by atoms with Gasteiger partial charge in [-0.05, 0) is 43.2 Å². The maximum atomic E-state index is 12.7. The molecule has 1 fully saturated rings. The number of nitrogens with one attached hydrogen (secondary N) is 1. The Morgan fingerprint density at radius 3 is 3.03 bits per heavy atom. The number of aromatic nitrogens is 3. The largest absolute Gasteiger partial charge is 0.383 e. The van der Waals surface area contributed by atoms with Gasteiger partial charge in [-0.3, -0.25) is 0 Å². The summed E-state index contributed by atoms with van der Waals surface area (Å²) in [6, 6.07) is 9.28. The van der Waals surface area contributed by atoms with Gasteiger partial charge in [-0.15, -0.1) is 0 Å². The third-order valence-corrected chi connectivity index (χ3v) is 5.72. The van der Waals surface area contributed by atoms with E-state index in [1.54, 1.807) is 19.4 Å². The molecule has 0 spiro atoms. The first-order valence-electron chi connectivity index (χ1n) is 9.69. The van der Waals surface area contributed by atoms with Crippen molar-refractivity contribution in [2.75, 3.05) is 32.1 Å². The number of anilines is 1. The Bertz CT molecular complexity index is 1040. The molecule has 1 aromatic carbocycles. The molecule has 1 aliphatic heterocycles. The topological polar surface area (TPSA) is 72.3 Å². The summed E-state index contributed by atoms with van der Waals surface area (Å²) in [7, 11) is 1.69. The number of benzene rings is 1. The highest BCUT2D eigenvalue weighted by Crippen LogP contribution is 2.29. The number of pyridine rings is 1. The van der Waals surface area contributed by atoms with E-state index in [9.17, 15) is 4.79 Å². The minimum absolute atomic E-state index is 0.120. The van der Waals surface area contributed by atoms with Gasteiger partial charge in [-0.25, -0.2) is 14.8 Å². The third kappa shape index (κ3) is 4.06. The van der Waals surface area contributed by atoms with Crippen LogP contribution in [-0.2, 0) is 11.3 Å². The highest BCUT2D eigenvalue weighted by molar-refractivity contribution is 6.31. The van der Waals surface area contributed by atoms with E-state index in [0.717, 1.165) is 29.0 Å². The fourth-order valence-corrected chi connectivity index (χ4v) is 3.90. The number of aryl methyl sites for hydroxylation is 1. The summed E-state index contributed by atoms with van der Waals surface area (Å²) in [6.45, 7) is 4.49. The molecule has 0 radical (unpaired) electrons. The first kappa shape index (κ1) is 19.7. The average Bonchev–Trinajstić information content (AvgIpc) is 3.34. The molecule has 1 aliphatic rings. The number of fused-ring (bicyclic) bond motifs is 1. The maximum Gasteiger partial charge on any atom is 0.321 e. The number of rotatable bonds is 5. The number of methoxy groups -OCH3 is 1. The summed E-state index contributed by atoms with van der Waals surface area (Å²) in [6.07, 6.45) is 2.64. The molecule has 152 valence electrons. The average molecular weight is 414 g/mol. The molecule has 29 heavy (non-hydrogen) atoms. The van der Waals surface area contributed by atoms with Crippen LogP contribution in [0.1, 0.15) is 23.7 Å².